The smallest absolute Gasteiger partial charge is 0.279 e. The molecule has 2 aromatic rings. The fraction of sp³-hybridized carbons (Fsp3) is 0.350. The number of likely N-dealkylation sites (N-methyl/N-ethyl adjacent to an activating group) is 1. The van der Waals surface area contributed by atoms with E-state index in [1.165, 1.54) is 6.92 Å². The minimum atomic E-state index is -1.68. The normalized spacial score (nSPS) is 13.1. The first-order valence-electron chi connectivity index (χ1n) is 8.95. The van der Waals surface area contributed by atoms with Gasteiger partial charge in [-0.2, -0.15) is 0 Å². The van der Waals surface area contributed by atoms with Gasteiger partial charge in [0.1, 0.15) is 0 Å². The monoisotopic (exact) mass is 410 g/mol. The number of Topliss-reactive ketones (excluding diaryl/α,β-unsaturated/α-hetero) is 2. The quantitative estimate of drug-likeness (QED) is 0.482. The molecule has 0 bridgehead atoms. The predicted octanol–water partition coefficient (Wildman–Crippen LogP) is 1.98. The van der Waals surface area contributed by atoms with Crippen LogP contribution in [0, 0.1) is 31.3 Å². The van der Waals surface area contributed by atoms with Crippen LogP contribution in [-0.4, -0.2) is 42.1 Å². The van der Waals surface area contributed by atoms with Gasteiger partial charge in [-0.25, -0.2) is 13.2 Å². The average Bonchev–Trinajstić information content (AvgIpc) is 2.95. The first-order valence-corrected chi connectivity index (χ1v) is 8.95. The third-order valence-corrected chi connectivity index (χ3v) is 4.92. The molecule has 1 amide bonds. The topological polar surface area (TPSA) is 83.5 Å². The number of halogens is 3. The first-order chi connectivity index (χ1) is 13.5. The van der Waals surface area contributed by atoms with E-state index in [-0.39, 0.29) is 18.1 Å². The number of amides is 1. The Hall–Kier alpha value is -2.94. The van der Waals surface area contributed by atoms with Crippen molar-refractivity contribution in [3.63, 3.8) is 0 Å². The fourth-order valence-electron chi connectivity index (χ4n) is 3.19. The van der Waals surface area contributed by atoms with E-state index in [2.05, 4.69) is 10.3 Å². The highest BCUT2D eigenvalue weighted by atomic mass is 19.2. The number of anilines is 1. The number of hydrogen-bond acceptors (Lipinski definition) is 3. The summed E-state index contributed by atoms with van der Waals surface area (Å²) in [6, 6.07) is 0.969. The van der Waals surface area contributed by atoms with Gasteiger partial charge in [0, 0.05) is 11.3 Å². The minimum absolute atomic E-state index is 0.156. The standard InChI is InChI=1S/C20H22F3N3O3/c1-9-16(12(4)27)10(2)24-19(9)20(29)11(3)26(5)8-15(28)25-14-7-6-13(21)17(22)18(14)23/h6-7,11,24H,8H2,1-5H3,(H,25,28)/p+1/t11-/m0/s1. The summed E-state index contributed by atoms with van der Waals surface area (Å²) < 4.78 is 40.0. The van der Waals surface area contributed by atoms with Crippen molar-refractivity contribution in [2.75, 3.05) is 18.9 Å². The second-order valence-electron chi connectivity index (χ2n) is 7.06. The molecule has 1 aromatic heterocycles. The first kappa shape index (κ1) is 22.4. The number of quaternary nitrogens is 1. The number of hydrogen-bond donors (Lipinski definition) is 3. The molecule has 0 saturated heterocycles. The van der Waals surface area contributed by atoms with Crippen LogP contribution in [0.2, 0.25) is 0 Å². The van der Waals surface area contributed by atoms with E-state index in [9.17, 15) is 27.6 Å². The van der Waals surface area contributed by atoms with Crippen molar-refractivity contribution in [1.29, 1.82) is 0 Å². The zero-order valence-electron chi connectivity index (χ0n) is 16.8. The van der Waals surface area contributed by atoms with Crippen LogP contribution in [0.15, 0.2) is 12.1 Å². The predicted molar refractivity (Wildman–Crippen MR) is 101 cm³/mol. The van der Waals surface area contributed by atoms with E-state index in [1.807, 2.05) is 0 Å². The number of rotatable bonds is 7. The number of ketones is 2. The van der Waals surface area contributed by atoms with Crippen molar-refractivity contribution in [2.45, 2.75) is 33.7 Å². The third kappa shape index (κ3) is 4.56. The Morgan fingerprint density at radius 3 is 2.31 bits per heavy atom. The molecule has 2 rings (SSSR count). The highest BCUT2D eigenvalue weighted by molar-refractivity contribution is 6.04. The van der Waals surface area contributed by atoms with Gasteiger partial charge in [-0.1, -0.05) is 0 Å². The Kier molecular flexibility index (Phi) is 6.63. The lowest BCUT2D eigenvalue weighted by molar-refractivity contribution is -0.885. The third-order valence-electron chi connectivity index (χ3n) is 4.92. The van der Waals surface area contributed by atoms with Crippen molar-refractivity contribution < 1.29 is 32.5 Å². The van der Waals surface area contributed by atoms with E-state index >= 15 is 0 Å². The molecule has 6 nitrogen and oxygen atoms in total. The number of nitrogens with one attached hydrogen (secondary N) is 3. The van der Waals surface area contributed by atoms with Gasteiger partial charge in [-0.3, -0.25) is 14.4 Å². The minimum Gasteiger partial charge on any atom is -0.355 e. The summed E-state index contributed by atoms with van der Waals surface area (Å²) >= 11 is 0. The van der Waals surface area contributed by atoms with Gasteiger partial charge in [-0.05, 0) is 45.4 Å². The van der Waals surface area contributed by atoms with Crippen LogP contribution in [0.4, 0.5) is 18.9 Å². The number of carbonyl (C=O) groups is 3. The summed E-state index contributed by atoms with van der Waals surface area (Å²) in [6.07, 6.45) is 0. The van der Waals surface area contributed by atoms with Gasteiger partial charge < -0.3 is 15.2 Å². The van der Waals surface area contributed by atoms with Gasteiger partial charge in [0.15, 0.2) is 35.8 Å². The van der Waals surface area contributed by atoms with Gasteiger partial charge in [0.25, 0.3) is 5.91 Å². The van der Waals surface area contributed by atoms with Gasteiger partial charge >= 0.3 is 0 Å². The molecule has 0 aliphatic rings. The van der Waals surface area contributed by atoms with Crippen LogP contribution in [0.5, 0.6) is 0 Å². The summed E-state index contributed by atoms with van der Waals surface area (Å²) in [7, 11) is 1.60. The maximum absolute atomic E-state index is 13.7. The summed E-state index contributed by atoms with van der Waals surface area (Å²) in [6.45, 7) is 6.19. The molecule has 0 saturated carbocycles. The van der Waals surface area contributed by atoms with E-state index in [4.69, 9.17) is 0 Å². The van der Waals surface area contributed by atoms with Crippen LogP contribution < -0.4 is 10.2 Å². The molecule has 0 spiro atoms. The maximum atomic E-state index is 13.7. The lowest BCUT2D eigenvalue weighted by Gasteiger charge is -2.20. The molecule has 3 N–H and O–H groups in total. The Bertz CT molecular complexity index is 985. The number of carbonyl (C=O) groups excluding carboxylic acids is 3. The van der Waals surface area contributed by atoms with Gasteiger partial charge in [0.2, 0.25) is 5.78 Å². The van der Waals surface area contributed by atoms with Crippen LogP contribution in [0.1, 0.15) is 46.0 Å². The molecular weight excluding hydrogens is 387 g/mol. The van der Waals surface area contributed by atoms with Crippen molar-refractivity contribution >= 4 is 23.2 Å². The molecule has 0 aliphatic carbocycles. The van der Waals surface area contributed by atoms with Crippen LogP contribution in [0.25, 0.3) is 0 Å². The molecule has 29 heavy (non-hydrogen) atoms. The molecule has 0 fully saturated rings. The number of aromatic amines is 1. The van der Waals surface area contributed by atoms with Crippen LogP contribution in [0.3, 0.4) is 0 Å². The Morgan fingerprint density at radius 1 is 1.14 bits per heavy atom. The molecular formula is C20H23F3N3O3+. The summed E-state index contributed by atoms with van der Waals surface area (Å²) in [5, 5.41) is 2.18. The number of aromatic nitrogens is 1. The molecule has 156 valence electrons. The molecule has 1 unspecified atom stereocenters. The number of aryl methyl sites for hydroxylation is 1. The molecule has 0 aliphatic heterocycles. The lowest BCUT2D eigenvalue weighted by Crippen LogP contribution is -3.14. The summed E-state index contributed by atoms with van der Waals surface area (Å²) in [5.74, 6) is -5.64. The van der Waals surface area contributed by atoms with Crippen molar-refractivity contribution in [3.8, 4) is 0 Å². The molecule has 1 aromatic carbocycles. The van der Waals surface area contributed by atoms with Crippen molar-refractivity contribution in [3.05, 3.63) is 52.1 Å². The Morgan fingerprint density at radius 2 is 1.76 bits per heavy atom. The molecule has 2 atom stereocenters. The van der Waals surface area contributed by atoms with Gasteiger partial charge in [0.05, 0.1) is 18.4 Å². The molecule has 0 radical (unpaired) electrons. The summed E-state index contributed by atoms with van der Waals surface area (Å²) in [4.78, 5) is 40.2. The molecule has 9 heteroatoms. The van der Waals surface area contributed by atoms with Gasteiger partial charge in [-0.15, -0.1) is 0 Å². The van der Waals surface area contributed by atoms with Crippen LogP contribution in [-0.2, 0) is 4.79 Å². The zero-order chi connectivity index (χ0) is 22.0. The van der Waals surface area contributed by atoms with E-state index in [0.717, 1.165) is 6.07 Å². The largest absolute Gasteiger partial charge is 0.355 e. The second kappa shape index (κ2) is 8.60. The van der Waals surface area contributed by atoms with Crippen molar-refractivity contribution in [1.82, 2.24) is 4.98 Å². The maximum Gasteiger partial charge on any atom is 0.279 e. The van der Waals surface area contributed by atoms with Crippen molar-refractivity contribution in [2.24, 2.45) is 0 Å². The second-order valence-corrected chi connectivity index (χ2v) is 7.06. The molecule has 1 heterocycles. The Labute approximate surface area is 166 Å². The number of H-pyrrole nitrogens is 1. The number of benzene rings is 1. The van der Waals surface area contributed by atoms with E-state index in [1.54, 1.807) is 27.8 Å². The summed E-state index contributed by atoms with van der Waals surface area (Å²) in [5.41, 5.74) is 1.42. The van der Waals surface area contributed by atoms with Crippen LogP contribution >= 0.6 is 0 Å². The fourth-order valence-corrected chi connectivity index (χ4v) is 3.19. The zero-order valence-corrected chi connectivity index (χ0v) is 16.8. The average molecular weight is 410 g/mol. The van der Waals surface area contributed by atoms with E-state index < -0.39 is 35.1 Å². The Balaban J connectivity index is 2.11. The lowest BCUT2D eigenvalue weighted by atomic mass is 10.0. The highest BCUT2D eigenvalue weighted by Crippen LogP contribution is 2.20. The highest BCUT2D eigenvalue weighted by Gasteiger charge is 2.29. The SMILES string of the molecule is CC(=O)c1c(C)[nH]c(C(=O)[C@H](C)[NH+](C)CC(=O)Nc2ccc(F)c(F)c2F)c1C. The van der Waals surface area contributed by atoms with E-state index in [0.29, 0.717) is 33.5 Å².